The van der Waals surface area contributed by atoms with E-state index < -0.39 is 0 Å². The molecule has 0 aliphatic carbocycles. The number of hydrogen-bond acceptors (Lipinski definition) is 2. The normalized spacial score (nSPS) is 13.7. The fraction of sp³-hybridized carbons (Fsp3) is 0.333. The molecule has 1 heterocycles. The topological polar surface area (TPSA) is 39.2 Å². The lowest BCUT2D eigenvalue weighted by Crippen LogP contribution is -2.02. The number of rotatable bonds is 1. The van der Waals surface area contributed by atoms with Gasteiger partial charge in [0.05, 0.1) is 6.26 Å². The minimum absolute atomic E-state index is 0.0556. The minimum atomic E-state index is 0.0556. The Labute approximate surface area is 62.2 Å². The van der Waals surface area contributed by atoms with Crippen molar-refractivity contribution in [1.82, 2.24) is 0 Å². The monoisotopic (exact) mass is 189 g/mol. The maximum Gasteiger partial charge on any atom is 0.169 e. The van der Waals surface area contributed by atoms with Gasteiger partial charge < -0.3 is 10.2 Å². The summed E-state index contributed by atoms with van der Waals surface area (Å²) in [6, 6.07) is 1.92. The average molecular weight is 190 g/mol. The van der Waals surface area contributed by atoms with E-state index in [1.807, 2.05) is 13.0 Å². The van der Waals surface area contributed by atoms with Crippen LogP contribution in [0, 0.1) is 0 Å². The van der Waals surface area contributed by atoms with E-state index in [-0.39, 0.29) is 6.04 Å². The number of furan rings is 1. The number of nitrogens with two attached hydrogens (primary N) is 1. The molecule has 2 nitrogen and oxygen atoms in total. The first-order valence-corrected chi connectivity index (χ1v) is 3.49. The first-order valence-electron chi connectivity index (χ1n) is 2.69. The molecule has 1 aromatic rings. The Kier molecular flexibility index (Phi) is 1.93. The maximum absolute atomic E-state index is 5.55. The highest BCUT2D eigenvalue weighted by molar-refractivity contribution is 9.10. The van der Waals surface area contributed by atoms with Crippen LogP contribution in [-0.4, -0.2) is 0 Å². The molecule has 1 atom stereocenters. The van der Waals surface area contributed by atoms with Gasteiger partial charge in [-0.2, -0.15) is 0 Å². The van der Waals surface area contributed by atoms with Gasteiger partial charge in [0.25, 0.3) is 0 Å². The molecule has 0 radical (unpaired) electrons. The molecule has 50 valence electrons. The highest BCUT2D eigenvalue weighted by atomic mass is 79.9. The average Bonchev–Trinajstić information content (AvgIpc) is 2.14. The van der Waals surface area contributed by atoms with Crippen LogP contribution in [0.3, 0.4) is 0 Å². The molecule has 0 aromatic carbocycles. The van der Waals surface area contributed by atoms with E-state index in [1.54, 1.807) is 6.26 Å². The predicted molar refractivity (Wildman–Crippen MR) is 39.0 cm³/mol. The van der Waals surface area contributed by atoms with Crippen molar-refractivity contribution < 1.29 is 4.42 Å². The number of halogens is 1. The molecule has 0 spiro atoms. The summed E-state index contributed by atoms with van der Waals surface area (Å²) in [5, 5.41) is 0. The zero-order valence-corrected chi connectivity index (χ0v) is 6.68. The summed E-state index contributed by atoms with van der Waals surface area (Å²) >= 11 is 3.18. The summed E-state index contributed by atoms with van der Waals surface area (Å²) in [6.07, 6.45) is 1.65. The standard InChI is InChI=1S/C6H8BrNO/c1-4(8)5-2-6(7)9-3-5/h2-4H,8H2,1H3. The smallest absolute Gasteiger partial charge is 0.169 e. The van der Waals surface area contributed by atoms with Crippen molar-refractivity contribution in [2.75, 3.05) is 0 Å². The molecule has 1 rings (SSSR count). The van der Waals surface area contributed by atoms with Crippen molar-refractivity contribution >= 4 is 15.9 Å². The zero-order valence-electron chi connectivity index (χ0n) is 5.10. The quantitative estimate of drug-likeness (QED) is 0.735. The van der Waals surface area contributed by atoms with Crippen LogP contribution in [0.25, 0.3) is 0 Å². The SMILES string of the molecule is CC(N)c1coc(Br)c1. The highest BCUT2D eigenvalue weighted by Gasteiger charge is 2.01. The first kappa shape index (κ1) is 6.83. The van der Waals surface area contributed by atoms with Crippen molar-refractivity contribution in [3.63, 3.8) is 0 Å². The Morgan fingerprint density at radius 3 is 2.67 bits per heavy atom. The maximum atomic E-state index is 5.55. The largest absolute Gasteiger partial charge is 0.457 e. The molecule has 1 aromatic heterocycles. The van der Waals surface area contributed by atoms with Gasteiger partial charge in [-0.05, 0) is 28.9 Å². The van der Waals surface area contributed by atoms with E-state index >= 15 is 0 Å². The van der Waals surface area contributed by atoms with Gasteiger partial charge in [0.2, 0.25) is 0 Å². The minimum Gasteiger partial charge on any atom is -0.457 e. The Bertz CT molecular complexity index is 195. The first-order chi connectivity index (χ1) is 4.20. The van der Waals surface area contributed by atoms with Crippen molar-refractivity contribution in [2.45, 2.75) is 13.0 Å². The fourth-order valence-electron chi connectivity index (χ4n) is 0.562. The van der Waals surface area contributed by atoms with Crippen molar-refractivity contribution in [2.24, 2.45) is 5.73 Å². The predicted octanol–water partition coefficient (Wildman–Crippen LogP) is 2.06. The molecule has 2 N–H and O–H groups in total. The lowest BCUT2D eigenvalue weighted by molar-refractivity contribution is 0.536. The molecule has 1 unspecified atom stereocenters. The molecule has 9 heavy (non-hydrogen) atoms. The Morgan fingerprint density at radius 1 is 1.78 bits per heavy atom. The van der Waals surface area contributed by atoms with E-state index in [9.17, 15) is 0 Å². The van der Waals surface area contributed by atoms with Crippen LogP contribution in [0.2, 0.25) is 0 Å². The Morgan fingerprint density at radius 2 is 2.44 bits per heavy atom. The Balaban J connectivity index is 2.85. The molecule has 0 bridgehead atoms. The fourth-order valence-corrected chi connectivity index (χ4v) is 0.920. The van der Waals surface area contributed by atoms with Crippen LogP contribution >= 0.6 is 15.9 Å². The van der Waals surface area contributed by atoms with Crippen LogP contribution in [-0.2, 0) is 0 Å². The van der Waals surface area contributed by atoms with Gasteiger partial charge in [-0.1, -0.05) is 0 Å². The van der Waals surface area contributed by atoms with Crippen molar-refractivity contribution in [3.05, 3.63) is 22.6 Å². The summed E-state index contributed by atoms with van der Waals surface area (Å²) in [4.78, 5) is 0. The molecular formula is C6H8BrNO. The van der Waals surface area contributed by atoms with E-state index in [2.05, 4.69) is 15.9 Å². The zero-order chi connectivity index (χ0) is 6.85. The third-order valence-corrected chi connectivity index (χ3v) is 1.53. The van der Waals surface area contributed by atoms with Crippen LogP contribution in [0.1, 0.15) is 18.5 Å². The molecule has 0 saturated heterocycles. The van der Waals surface area contributed by atoms with Crippen LogP contribution in [0.15, 0.2) is 21.4 Å². The second-order valence-corrected chi connectivity index (χ2v) is 2.75. The molecular weight excluding hydrogens is 182 g/mol. The van der Waals surface area contributed by atoms with Gasteiger partial charge in [-0.3, -0.25) is 0 Å². The van der Waals surface area contributed by atoms with E-state index in [0.717, 1.165) is 10.2 Å². The molecule has 0 aliphatic heterocycles. The lowest BCUT2D eigenvalue weighted by atomic mass is 10.2. The second-order valence-electron chi connectivity index (χ2n) is 1.97. The second kappa shape index (κ2) is 2.54. The molecule has 0 amide bonds. The summed E-state index contributed by atoms with van der Waals surface area (Å²) in [5.74, 6) is 0. The van der Waals surface area contributed by atoms with Gasteiger partial charge in [0.1, 0.15) is 0 Å². The van der Waals surface area contributed by atoms with Crippen LogP contribution < -0.4 is 5.73 Å². The van der Waals surface area contributed by atoms with E-state index in [0.29, 0.717) is 0 Å². The lowest BCUT2D eigenvalue weighted by Gasteiger charge is -1.95. The van der Waals surface area contributed by atoms with E-state index in [1.165, 1.54) is 0 Å². The van der Waals surface area contributed by atoms with Gasteiger partial charge in [-0.25, -0.2) is 0 Å². The van der Waals surface area contributed by atoms with Gasteiger partial charge in [0.15, 0.2) is 4.67 Å². The highest BCUT2D eigenvalue weighted by Crippen LogP contribution is 2.17. The van der Waals surface area contributed by atoms with Gasteiger partial charge >= 0.3 is 0 Å². The molecule has 3 heteroatoms. The summed E-state index contributed by atoms with van der Waals surface area (Å²) in [6.45, 7) is 1.91. The summed E-state index contributed by atoms with van der Waals surface area (Å²) in [7, 11) is 0. The van der Waals surface area contributed by atoms with Gasteiger partial charge in [-0.15, -0.1) is 0 Å². The molecule has 0 saturated carbocycles. The number of hydrogen-bond donors (Lipinski definition) is 1. The summed E-state index contributed by atoms with van der Waals surface area (Å²) in [5.41, 5.74) is 6.56. The Hall–Kier alpha value is -0.280. The van der Waals surface area contributed by atoms with Crippen LogP contribution in [0.4, 0.5) is 0 Å². The molecule has 0 fully saturated rings. The third kappa shape index (κ3) is 1.56. The summed E-state index contributed by atoms with van der Waals surface area (Å²) < 4.78 is 5.69. The van der Waals surface area contributed by atoms with Crippen LogP contribution in [0.5, 0.6) is 0 Å². The van der Waals surface area contributed by atoms with E-state index in [4.69, 9.17) is 10.2 Å². The van der Waals surface area contributed by atoms with Crippen molar-refractivity contribution in [1.29, 1.82) is 0 Å². The van der Waals surface area contributed by atoms with Crippen molar-refractivity contribution in [3.8, 4) is 0 Å². The molecule has 0 aliphatic rings. The third-order valence-electron chi connectivity index (χ3n) is 1.11. The van der Waals surface area contributed by atoms with Gasteiger partial charge in [0, 0.05) is 11.6 Å².